The Morgan fingerprint density at radius 3 is 2.32 bits per heavy atom. The molecule has 1 rings (SSSR count). The van der Waals surface area contributed by atoms with Gasteiger partial charge in [0.25, 0.3) is 0 Å². The summed E-state index contributed by atoms with van der Waals surface area (Å²) in [6.45, 7) is 11.8. The van der Waals surface area contributed by atoms with Crippen LogP contribution < -0.4 is 10.6 Å². The van der Waals surface area contributed by atoms with Gasteiger partial charge in [0.1, 0.15) is 9.84 Å². The van der Waals surface area contributed by atoms with Crippen LogP contribution in [0.4, 0.5) is 0 Å². The summed E-state index contributed by atoms with van der Waals surface area (Å²) >= 11 is 0. The summed E-state index contributed by atoms with van der Waals surface area (Å²) in [6.07, 6.45) is 3.51. The summed E-state index contributed by atoms with van der Waals surface area (Å²) in [5.74, 6) is 1.40. The van der Waals surface area contributed by atoms with Crippen molar-refractivity contribution in [2.45, 2.75) is 39.7 Å². The molecule has 1 fully saturated rings. The van der Waals surface area contributed by atoms with E-state index < -0.39 is 9.84 Å². The van der Waals surface area contributed by atoms with Crippen molar-refractivity contribution in [3.63, 3.8) is 0 Å². The van der Waals surface area contributed by atoms with E-state index in [0.29, 0.717) is 31.0 Å². The van der Waals surface area contributed by atoms with Crippen molar-refractivity contribution < 1.29 is 13.2 Å². The van der Waals surface area contributed by atoms with Crippen LogP contribution in [-0.4, -0.2) is 83.3 Å². The third kappa shape index (κ3) is 8.87. The fourth-order valence-electron chi connectivity index (χ4n) is 3.19. The van der Waals surface area contributed by atoms with Gasteiger partial charge in [-0.15, -0.1) is 0 Å². The van der Waals surface area contributed by atoms with Gasteiger partial charge in [-0.25, -0.2) is 8.42 Å². The van der Waals surface area contributed by atoms with Crippen LogP contribution >= 0.6 is 0 Å². The van der Waals surface area contributed by atoms with Gasteiger partial charge < -0.3 is 15.4 Å². The Labute approximate surface area is 153 Å². The number of rotatable bonds is 10. The third-order valence-corrected chi connectivity index (χ3v) is 5.60. The van der Waals surface area contributed by atoms with Gasteiger partial charge >= 0.3 is 0 Å². The number of nitrogens with one attached hydrogen (secondary N) is 2. The molecular formula is C17H36N4O3S. The molecule has 1 saturated heterocycles. The third-order valence-electron chi connectivity index (χ3n) is 4.65. The van der Waals surface area contributed by atoms with Gasteiger partial charge in [-0.1, -0.05) is 26.7 Å². The maximum atomic E-state index is 11.3. The minimum absolute atomic E-state index is 0.108. The zero-order valence-electron chi connectivity index (χ0n) is 16.3. The normalized spacial score (nSPS) is 18.4. The molecule has 0 saturated carbocycles. The molecule has 0 aromatic carbocycles. The van der Waals surface area contributed by atoms with Crippen molar-refractivity contribution in [2.24, 2.45) is 10.9 Å². The van der Waals surface area contributed by atoms with Crippen LogP contribution in [0.3, 0.4) is 0 Å². The number of morpholine rings is 1. The Morgan fingerprint density at radius 2 is 1.80 bits per heavy atom. The molecular weight excluding hydrogens is 340 g/mol. The first-order valence-electron chi connectivity index (χ1n) is 9.42. The van der Waals surface area contributed by atoms with Crippen molar-refractivity contribution in [2.75, 3.05) is 57.9 Å². The van der Waals surface area contributed by atoms with E-state index in [0.717, 1.165) is 45.7 Å². The highest BCUT2D eigenvalue weighted by atomic mass is 32.2. The molecule has 1 atom stereocenters. The van der Waals surface area contributed by atoms with E-state index in [-0.39, 0.29) is 5.75 Å². The molecule has 1 heterocycles. The van der Waals surface area contributed by atoms with Crippen LogP contribution in [0.5, 0.6) is 0 Å². The molecule has 0 aromatic heterocycles. The maximum Gasteiger partial charge on any atom is 0.191 e. The molecule has 0 spiro atoms. The Morgan fingerprint density at radius 1 is 1.16 bits per heavy atom. The van der Waals surface area contributed by atoms with E-state index >= 15 is 0 Å². The van der Waals surface area contributed by atoms with Gasteiger partial charge in [-0.2, -0.15) is 0 Å². The lowest BCUT2D eigenvalue weighted by molar-refractivity contribution is 0.00395. The highest BCUT2D eigenvalue weighted by molar-refractivity contribution is 7.90. The molecule has 1 aliphatic rings. The fraction of sp³-hybridized carbons (Fsp3) is 0.941. The zero-order valence-corrected chi connectivity index (χ0v) is 17.1. The van der Waals surface area contributed by atoms with E-state index in [1.54, 1.807) is 0 Å². The van der Waals surface area contributed by atoms with Crippen molar-refractivity contribution in [1.29, 1.82) is 0 Å². The van der Waals surface area contributed by atoms with Crippen LogP contribution in [0.2, 0.25) is 0 Å². The van der Waals surface area contributed by atoms with E-state index in [1.807, 2.05) is 6.92 Å². The summed E-state index contributed by atoms with van der Waals surface area (Å²) < 4.78 is 28.1. The summed E-state index contributed by atoms with van der Waals surface area (Å²) in [5.41, 5.74) is 0. The molecule has 0 aliphatic carbocycles. The predicted octanol–water partition coefficient (Wildman–Crippen LogP) is 0.723. The van der Waals surface area contributed by atoms with Gasteiger partial charge in [0.15, 0.2) is 5.96 Å². The molecule has 25 heavy (non-hydrogen) atoms. The zero-order chi connectivity index (χ0) is 18.7. The Hall–Kier alpha value is -0.860. The number of guanidine groups is 1. The Balaban J connectivity index is 2.73. The second kappa shape index (κ2) is 11.7. The maximum absolute atomic E-state index is 11.3. The average molecular weight is 377 g/mol. The second-order valence-electron chi connectivity index (χ2n) is 6.57. The van der Waals surface area contributed by atoms with Crippen LogP contribution in [0.1, 0.15) is 33.6 Å². The largest absolute Gasteiger partial charge is 0.379 e. The van der Waals surface area contributed by atoms with E-state index in [1.165, 1.54) is 6.26 Å². The van der Waals surface area contributed by atoms with Crippen molar-refractivity contribution >= 4 is 15.8 Å². The molecule has 1 unspecified atom stereocenters. The highest BCUT2D eigenvalue weighted by Gasteiger charge is 2.26. The lowest BCUT2D eigenvalue weighted by Gasteiger charge is -2.38. The van der Waals surface area contributed by atoms with Gasteiger partial charge in [0, 0.05) is 38.5 Å². The van der Waals surface area contributed by atoms with Gasteiger partial charge in [0.05, 0.1) is 25.5 Å². The summed E-state index contributed by atoms with van der Waals surface area (Å²) in [4.78, 5) is 7.23. The molecule has 8 heteroatoms. The lowest BCUT2D eigenvalue weighted by Crippen LogP contribution is -2.49. The second-order valence-corrected chi connectivity index (χ2v) is 8.83. The molecule has 0 bridgehead atoms. The van der Waals surface area contributed by atoms with Crippen LogP contribution in [0, 0.1) is 5.92 Å². The average Bonchev–Trinajstić information content (AvgIpc) is 2.58. The molecule has 0 radical (unpaired) electrons. The summed E-state index contributed by atoms with van der Waals surface area (Å²) in [5, 5.41) is 6.33. The number of aliphatic imine (C=N–C) groups is 1. The fourth-order valence-corrected chi connectivity index (χ4v) is 3.66. The Bertz CT molecular complexity index is 486. The number of ether oxygens (including phenoxy) is 1. The minimum atomic E-state index is -2.97. The molecule has 148 valence electrons. The lowest BCUT2D eigenvalue weighted by atomic mass is 9.92. The first-order valence-corrected chi connectivity index (χ1v) is 11.5. The summed E-state index contributed by atoms with van der Waals surface area (Å²) in [6, 6.07) is 0.393. The quantitative estimate of drug-likeness (QED) is 0.432. The first-order chi connectivity index (χ1) is 11.9. The molecule has 0 amide bonds. The summed E-state index contributed by atoms with van der Waals surface area (Å²) in [7, 11) is -2.97. The topological polar surface area (TPSA) is 83.0 Å². The molecule has 0 aromatic rings. The first kappa shape index (κ1) is 22.2. The minimum Gasteiger partial charge on any atom is -0.379 e. The van der Waals surface area contributed by atoms with Gasteiger partial charge in [0.2, 0.25) is 0 Å². The number of nitrogens with zero attached hydrogens (tertiary/aromatic N) is 2. The smallest absolute Gasteiger partial charge is 0.191 e. The van der Waals surface area contributed by atoms with Crippen LogP contribution in [-0.2, 0) is 14.6 Å². The molecule has 2 N–H and O–H groups in total. The van der Waals surface area contributed by atoms with Crippen molar-refractivity contribution in [3.8, 4) is 0 Å². The number of sulfone groups is 1. The predicted molar refractivity (Wildman–Crippen MR) is 104 cm³/mol. The monoisotopic (exact) mass is 376 g/mol. The van der Waals surface area contributed by atoms with Gasteiger partial charge in [-0.05, 0) is 12.8 Å². The number of hydrogen-bond acceptors (Lipinski definition) is 5. The van der Waals surface area contributed by atoms with E-state index in [9.17, 15) is 8.42 Å². The number of hydrogen-bond donors (Lipinski definition) is 2. The van der Waals surface area contributed by atoms with Crippen molar-refractivity contribution in [3.05, 3.63) is 0 Å². The molecule has 7 nitrogen and oxygen atoms in total. The van der Waals surface area contributed by atoms with Gasteiger partial charge in [-0.3, -0.25) is 9.89 Å². The molecule has 1 aliphatic heterocycles. The highest BCUT2D eigenvalue weighted by Crippen LogP contribution is 2.20. The SMILES string of the molecule is CCNC(=NCC(C(CC)CC)N1CCOCC1)NCCS(C)(=O)=O. The Kier molecular flexibility index (Phi) is 10.4. The van der Waals surface area contributed by atoms with E-state index in [2.05, 4.69) is 29.4 Å². The standard InChI is InChI=1S/C17H36N4O3S/c1-5-15(6-2)16(21-9-11-24-12-10-21)14-20-17(18-7-3)19-8-13-25(4,22)23/h15-16H,5-14H2,1-4H3,(H2,18,19,20). The van der Waals surface area contributed by atoms with E-state index in [4.69, 9.17) is 9.73 Å². The van der Waals surface area contributed by atoms with Crippen LogP contribution in [0.15, 0.2) is 4.99 Å². The van der Waals surface area contributed by atoms with Crippen molar-refractivity contribution in [1.82, 2.24) is 15.5 Å². The van der Waals surface area contributed by atoms with Crippen LogP contribution in [0.25, 0.3) is 0 Å².